The van der Waals surface area contributed by atoms with Crippen molar-refractivity contribution in [1.29, 1.82) is 0 Å². The Morgan fingerprint density at radius 2 is 2.06 bits per heavy atom. The normalized spacial score (nSPS) is 9.94. The third-order valence-corrected chi connectivity index (χ3v) is 2.90. The highest BCUT2D eigenvalue weighted by Crippen LogP contribution is 2.19. The van der Waals surface area contributed by atoms with E-state index in [1.54, 1.807) is 0 Å². The monoisotopic (exact) mass is 339 g/mol. The van der Waals surface area contributed by atoms with Crippen molar-refractivity contribution in [2.24, 2.45) is 0 Å². The SMILES string of the molecule is O=COCc1cccc(-c2cccc(I)c2)n1. The van der Waals surface area contributed by atoms with Crippen LogP contribution in [0.5, 0.6) is 0 Å². The number of hydrogen-bond acceptors (Lipinski definition) is 3. The number of halogens is 1. The predicted molar refractivity (Wildman–Crippen MR) is 73.2 cm³/mol. The molecule has 3 nitrogen and oxygen atoms in total. The second kappa shape index (κ2) is 5.77. The van der Waals surface area contributed by atoms with E-state index in [9.17, 15) is 4.79 Å². The molecule has 17 heavy (non-hydrogen) atoms. The van der Waals surface area contributed by atoms with Gasteiger partial charge in [0.15, 0.2) is 0 Å². The highest BCUT2D eigenvalue weighted by molar-refractivity contribution is 14.1. The standard InChI is InChI=1S/C13H10INO2/c14-11-4-1-3-10(7-11)13-6-2-5-12(15-13)8-17-9-16/h1-7,9H,8H2. The minimum Gasteiger partial charge on any atom is -0.461 e. The van der Waals surface area contributed by atoms with Crippen molar-refractivity contribution in [3.05, 3.63) is 51.7 Å². The zero-order valence-electron chi connectivity index (χ0n) is 8.97. The zero-order chi connectivity index (χ0) is 12.1. The first kappa shape index (κ1) is 12.0. The zero-order valence-corrected chi connectivity index (χ0v) is 11.1. The van der Waals surface area contributed by atoms with Crippen molar-refractivity contribution in [3.63, 3.8) is 0 Å². The fraction of sp³-hybridized carbons (Fsp3) is 0.0769. The van der Waals surface area contributed by atoms with Crippen LogP contribution in [0, 0.1) is 3.57 Å². The molecule has 0 saturated carbocycles. The minimum atomic E-state index is 0.210. The summed E-state index contributed by atoms with van der Waals surface area (Å²) in [6, 6.07) is 13.8. The van der Waals surface area contributed by atoms with Crippen LogP contribution in [0.2, 0.25) is 0 Å². The van der Waals surface area contributed by atoms with Crippen LogP contribution in [0.4, 0.5) is 0 Å². The summed E-state index contributed by atoms with van der Waals surface area (Å²) in [7, 11) is 0. The summed E-state index contributed by atoms with van der Waals surface area (Å²) < 4.78 is 5.85. The molecule has 0 bridgehead atoms. The maximum Gasteiger partial charge on any atom is 0.293 e. The number of carbonyl (C=O) groups excluding carboxylic acids is 1. The van der Waals surface area contributed by atoms with Gasteiger partial charge in [0.1, 0.15) is 6.61 Å². The molecule has 2 aromatic rings. The molecule has 1 heterocycles. The first-order valence-corrected chi connectivity index (χ1v) is 6.14. The Kier molecular flexibility index (Phi) is 4.08. The topological polar surface area (TPSA) is 39.2 Å². The molecule has 4 heteroatoms. The predicted octanol–water partition coefficient (Wildman–Crippen LogP) is 3.03. The first-order valence-electron chi connectivity index (χ1n) is 5.07. The minimum absolute atomic E-state index is 0.210. The molecule has 0 N–H and O–H groups in total. The maximum absolute atomic E-state index is 10.1. The van der Waals surface area contributed by atoms with Gasteiger partial charge in [0.05, 0.1) is 11.4 Å². The van der Waals surface area contributed by atoms with Gasteiger partial charge in [-0.15, -0.1) is 0 Å². The summed E-state index contributed by atoms with van der Waals surface area (Å²) in [4.78, 5) is 14.6. The second-order valence-corrected chi connectivity index (χ2v) is 4.68. The average molecular weight is 339 g/mol. The van der Waals surface area contributed by atoms with Crippen LogP contribution in [0.3, 0.4) is 0 Å². The van der Waals surface area contributed by atoms with Crippen LogP contribution in [-0.2, 0) is 16.1 Å². The van der Waals surface area contributed by atoms with E-state index in [1.165, 1.54) is 0 Å². The lowest BCUT2D eigenvalue weighted by Gasteiger charge is -2.04. The van der Waals surface area contributed by atoms with Gasteiger partial charge in [0.25, 0.3) is 6.47 Å². The second-order valence-electron chi connectivity index (χ2n) is 3.43. The Morgan fingerprint density at radius 1 is 1.24 bits per heavy atom. The number of hydrogen-bond donors (Lipinski definition) is 0. The molecule has 0 fully saturated rings. The third-order valence-electron chi connectivity index (χ3n) is 2.23. The van der Waals surface area contributed by atoms with Gasteiger partial charge in [-0.2, -0.15) is 0 Å². The molecule has 0 atom stereocenters. The number of pyridine rings is 1. The lowest BCUT2D eigenvalue weighted by molar-refractivity contribution is -0.129. The summed E-state index contributed by atoms with van der Waals surface area (Å²) in [6.45, 7) is 0.640. The van der Waals surface area contributed by atoms with E-state index in [0.717, 1.165) is 20.5 Å². The third kappa shape index (κ3) is 3.26. The quantitative estimate of drug-likeness (QED) is 0.635. The Bertz CT molecular complexity index is 528. The lowest BCUT2D eigenvalue weighted by atomic mass is 10.1. The van der Waals surface area contributed by atoms with Crippen molar-refractivity contribution in [2.45, 2.75) is 6.61 Å². The van der Waals surface area contributed by atoms with Gasteiger partial charge < -0.3 is 4.74 Å². The Hall–Kier alpha value is -1.43. The van der Waals surface area contributed by atoms with E-state index in [2.05, 4.69) is 38.4 Å². The summed E-state index contributed by atoms with van der Waals surface area (Å²) in [6.07, 6.45) is 0. The number of nitrogens with zero attached hydrogens (tertiary/aromatic N) is 1. The van der Waals surface area contributed by atoms with E-state index in [4.69, 9.17) is 0 Å². The number of aromatic nitrogens is 1. The maximum atomic E-state index is 10.1. The van der Waals surface area contributed by atoms with Gasteiger partial charge in [0.2, 0.25) is 0 Å². The van der Waals surface area contributed by atoms with Gasteiger partial charge >= 0.3 is 0 Å². The summed E-state index contributed by atoms with van der Waals surface area (Å²) >= 11 is 2.26. The van der Waals surface area contributed by atoms with E-state index in [0.29, 0.717) is 6.47 Å². The van der Waals surface area contributed by atoms with Crippen LogP contribution >= 0.6 is 22.6 Å². The first-order chi connectivity index (χ1) is 8.29. The molecule has 1 aromatic carbocycles. The molecular weight excluding hydrogens is 329 g/mol. The van der Waals surface area contributed by atoms with Gasteiger partial charge in [-0.1, -0.05) is 18.2 Å². The average Bonchev–Trinajstić information content (AvgIpc) is 2.37. The van der Waals surface area contributed by atoms with E-state index < -0.39 is 0 Å². The summed E-state index contributed by atoms with van der Waals surface area (Å²) in [5.41, 5.74) is 2.69. The molecule has 0 aliphatic heterocycles. The molecule has 1 aromatic heterocycles. The van der Waals surface area contributed by atoms with Gasteiger partial charge in [-0.05, 0) is 46.9 Å². The largest absolute Gasteiger partial charge is 0.461 e. The van der Waals surface area contributed by atoms with Gasteiger partial charge in [-0.3, -0.25) is 4.79 Å². The highest BCUT2D eigenvalue weighted by atomic mass is 127. The molecule has 0 radical (unpaired) electrons. The van der Waals surface area contributed by atoms with Crippen molar-refractivity contribution in [3.8, 4) is 11.3 Å². The molecule has 0 aliphatic carbocycles. The summed E-state index contributed by atoms with van der Waals surface area (Å²) in [5.74, 6) is 0. The fourth-order valence-electron chi connectivity index (χ4n) is 1.49. The molecule has 0 unspecified atom stereocenters. The molecule has 0 amide bonds. The van der Waals surface area contributed by atoms with Crippen LogP contribution in [-0.4, -0.2) is 11.5 Å². The lowest BCUT2D eigenvalue weighted by Crippen LogP contribution is -1.95. The van der Waals surface area contributed by atoms with Crippen molar-refractivity contribution in [2.75, 3.05) is 0 Å². The molecular formula is C13H10INO2. The number of ether oxygens (including phenoxy) is 1. The van der Waals surface area contributed by atoms with Crippen molar-refractivity contribution < 1.29 is 9.53 Å². The van der Waals surface area contributed by atoms with Gasteiger partial charge in [-0.25, -0.2) is 4.98 Å². The number of carbonyl (C=O) groups is 1. The van der Waals surface area contributed by atoms with Crippen molar-refractivity contribution >= 4 is 29.1 Å². The van der Waals surface area contributed by atoms with Crippen LogP contribution in [0.25, 0.3) is 11.3 Å². The Balaban J connectivity index is 2.29. The smallest absolute Gasteiger partial charge is 0.293 e. The molecule has 0 spiro atoms. The Morgan fingerprint density at radius 3 is 2.82 bits per heavy atom. The summed E-state index contributed by atoms with van der Waals surface area (Å²) in [5, 5.41) is 0. The molecule has 86 valence electrons. The van der Waals surface area contributed by atoms with Crippen LogP contribution in [0.1, 0.15) is 5.69 Å². The fourth-order valence-corrected chi connectivity index (χ4v) is 2.03. The van der Waals surface area contributed by atoms with E-state index in [1.807, 2.05) is 36.4 Å². The van der Waals surface area contributed by atoms with Crippen LogP contribution < -0.4 is 0 Å². The van der Waals surface area contributed by atoms with E-state index in [-0.39, 0.29) is 6.61 Å². The highest BCUT2D eigenvalue weighted by Gasteiger charge is 2.01. The molecule has 2 rings (SSSR count). The Labute approximate surface area is 113 Å². The molecule has 0 saturated heterocycles. The van der Waals surface area contributed by atoms with E-state index >= 15 is 0 Å². The molecule has 0 aliphatic rings. The van der Waals surface area contributed by atoms with Crippen LogP contribution in [0.15, 0.2) is 42.5 Å². The van der Waals surface area contributed by atoms with Gasteiger partial charge in [0, 0.05) is 9.13 Å². The van der Waals surface area contributed by atoms with Crippen molar-refractivity contribution in [1.82, 2.24) is 4.98 Å². The number of benzene rings is 1. The number of rotatable bonds is 4.